The van der Waals surface area contributed by atoms with Gasteiger partial charge in [-0.1, -0.05) is 12.1 Å². The SMILES string of the molecule is CCOc1ncc(Cn2ncnc2[NH+]([O-])C[O-])nc1-c1cccc(OC(F)F)c1. The number of alkyl halides is 2. The van der Waals surface area contributed by atoms with Gasteiger partial charge < -0.3 is 24.9 Å². The Kier molecular flexibility index (Phi) is 6.59. The lowest BCUT2D eigenvalue weighted by atomic mass is 10.1. The second kappa shape index (κ2) is 9.32. The van der Waals surface area contributed by atoms with Crippen LogP contribution in [0.5, 0.6) is 11.6 Å². The van der Waals surface area contributed by atoms with E-state index >= 15 is 0 Å². The van der Waals surface area contributed by atoms with E-state index in [1.165, 1.54) is 23.0 Å². The number of nitrogens with zero attached hydrogens (tertiary/aromatic N) is 5. The first-order valence-electron chi connectivity index (χ1n) is 8.54. The Bertz CT molecular complexity index is 955. The standard InChI is InChI=1S/C17H17F2N6O4/c1-2-28-15-14(11-4-3-5-13(6-11)29-16(18)19)23-12(7-20-15)8-24-17(21-9-22-24)25(27)10-26/h3-7,9,16,25H,2,8,10H2,1H3/q-1. The summed E-state index contributed by atoms with van der Waals surface area (Å²) < 4.78 is 36.2. The van der Waals surface area contributed by atoms with E-state index in [4.69, 9.17) is 4.74 Å². The molecule has 154 valence electrons. The number of ether oxygens (including phenoxy) is 2. The van der Waals surface area contributed by atoms with Gasteiger partial charge in [0, 0.05) is 12.3 Å². The number of hydrogen-bond acceptors (Lipinski definition) is 8. The third-order valence-corrected chi connectivity index (χ3v) is 3.71. The van der Waals surface area contributed by atoms with Crippen molar-refractivity contribution in [3.8, 4) is 22.9 Å². The molecule has 2 heterocycles. The van der Waals surface area contributed by atoms with E-state index in [0.29, 0.717) is 23.6 Å². The number of hydrogen-bond donors (Lipinski definition) is 1. The van der Waals surface area contributed by atoms with Gasteiger partial charge in [0.25, 0.3) is 0 Å². The van der Waals surface area contributed by atoms with Crippen molar-refractivity contribution in [2.75, 3.05) is 13.3 Å². The Hall–Kier alpha value is -3.22. The lowest BCUT2D eigenvalue weighted by Crippen LogP contribution is -3.05. The predicted molar refractivity (Wildman–Crippen MR) is 93.2 cm³/mol. The highest BCUT2D eigenvalue weighted by atomic mass is 19.3. The Morgan fingerprint density at radius 2 is 2.10 bits per heavy atom. The summed E-state index contributed by atoms with van der Waals surface area (Å²) in [5, 5.41) is 25.8. The highest BCUT2D eigenvalue weighted by Crippen LogP contribution is 2.29. The first kappa shape index (κ1) is 20.5. The molecule has 0 aliphatic heterocycles. The van der Waals surface area contributed by atoms with E-state index in [-0.39, 0.29) is 24.1 Å². The molecule has 1 aromatic carbocycles. The first-order valence-corrected chi connectivity index (χ1v) is 8.54. The van der Waals surface area contributed by atoms with Gasteiger partial charge in [0.15, 0.2) is 0 Å². The van der Waals surface area contributed by atoms with Crippen molar-refractivity contribution in [1.82, 2.24) is 24.7 Å². The van der Waals surface area contributed by atoms with Crippen LogP contribution in [0.2, 0.25) is 0 Å². The van der Waals surface area contributed by atoms with Crippen LogP contribution in [0, 0.1) is 5.21 Å². The number of quaternary nitrogens is 1. The van der Waals surface area contributed by atoms with Crippen LogP contribution in [-0.2, 0) is 6.54 Å². The van der Waals surface area contributed by atoms with Crippen LogP contribution in [0.25, 0.3) is 11.3 Å². The summed E-state index contributed by atoms with van der Waals surface area (Å²) in [6.07, 6.45) is 2.60. The number of aromatic nitrogens is 5. The smallest absolute Gasteiger partial charge is 0.387 e. The molecule has 3 aromatic rings. The number of hydroxylamine groups is 1. The molecule has 0 saturated heterocycles. The minimum absolute atomic E-state index is 0.0285. The molecule has 0 spiro atoms. The van der Waals surface area contributed by atoms with Gasteiger partial charge in [0.2, 0.25) is 5.88 Å². The molecule has 12 heteroatoms. The maximum Gasteiger partial charge on any atom is 0.387 e. The fraction of sp³-hybridized carbons (Fsp3) is 0.294. The highest BCUT2D eigenvalue weighted by Gasteiger charge is 2.16. The van der Waals surface area contributed by atoms with Gasteiger partial charge in [0.05, 0.1) is 25.0 Å². The van der Waals surface area contributed by atoms with Gasteiger partial charge in [-0.3, -0.25) is 0 Å². The monoisotopic (exact) mass is 407 g/mol. The summed E-state index contributed by atoms with van der Waals surface area (Å²) in [5.41, 5.74) is 1.16. The quantitative estimate of drug-likeness (QED) is 0.392. The molecule has 1 atom stereocenters. The zero-order valence-electron chi connectivity index (χ0n) is 15.3. The van der Waals surface area contributed by atoms with Gasteiger partial charge >= 0.3 is 12.6 Å². The van der Waals surface area contributed by atoms with Gasteiger partial charge in [-0.25, -0.2) is 9.97 Å². The first-order chi connectivity index (χ1) is 14.0. The second-order valence-corrected chi connectivity index (χ2v) is 5.66. The lowest BCUT2D eigenvalue weighted by Gasteiger charge is -2.22. The molecule has 10 nitrogen and oxygen atoms in total. The molecule has 0 aliphatic carbocycles. The van der Waals surface area contributed by atoms with Gasteiger partial charge in [-0.2, -0.15) is 23.5 Å². The Morgan fingerprint density at radius 1 is 1.28 bits per heavy atom. The number of halogens is 2. The van der Waals surface area contributed by atoms with Crippen molar-refractivity contribution in [3.63, 3.8) is 0 Å². The Morgan fingerprint density at radius 3 is 2.83 bits per heavy atom. The number of benzene rings is 1. The van der Waals surface area contributed by atoms with Crippen molar-refractivity contribution in [2.24, 2.45) is 0 Å². The van der Waals surface area contributed by atoms with E-state index in [1.807, 2.05) is 0 Å². The summed E-state index contributed by atoms with van der Waals surface area (Å²) in [6, 6.07) is 5.98. The van der Waals surface area contributed by atoms with E-state index < -0.39 is 18.4 Å². The lowest BCUT2D eigenvalue weighted by molar-refractivity contribution is -0.866. The van der Waals surface area contributed by atoms with Crippen molar-refractivity contribution in [2.45, 2.75) is 20.1 Å². The summed E-state index contributed by atoms with van der Waals surface area (Å²) in [4.78, 5) is 12.5. The van der Waals surface area contributed by atoms with Crippen LogP contribution in [0.15, 0.2) is 36.8 Å². The fourth-order valence-electron chi connectivity index (χ4n) is 2.55. The third kappa shape index (κ3) is 4.99. The molecular formula is C17H17F2N6O4-. The summed E-state index contributed by atoms with van der Waals surface area (Å²) in [5.74, 6) is 0.0937. The van der Waals surface area contributed by atoms with Crippen LogP contribution >= 0.6 is 0 Å². The largest absolute Gasteiger partial charge is 0.808 e. The number of nitrogens with one attached hydrogen (secondary N) is 1. The second-order valence-electron chi connectivity index (χ2n) is 5.66. The maximum atomic E-state index is 12.5. The van der Waals surface area contributed by atoms with Crippen LogP contribution in [0.4, 0.5) is 14.7 Å². The molecule has 29 heavy (non-hydrogen) atoms. The van der Waals surface area contributed by atoms with Gasteiger partial charge in [-0.15, -0.1) is 0 Å². The van der Waals surface area contributed by atoms with Gasteiger partial charge in [-0.05, 0) is 19.1 Å². The molecule has 2 aromatic heterocycles. The van der Waals surface area contributed by atoms with Crippen molar-refractivity contribution in [1.29, 1.82) is 0 Å². The van der Waals surface area contributed by atoms with E-state index in [9.17, 15) is 19.1 Å². The maximum absolute atomic E-state index is 12.5. The van der Waals surface area contributed by atoms with E-state index in [0.717, 1.165) is 6.33 Å². The van der Waals surface area contributed by atoms with Crippen molar-refractivity contribution < 1.29 is 28.4 Å². The minimum Gasteiger partial charge on any atom is -0.808 e. The van der Waals surface area contributed by atoms with Crippen LogP contribution < -0.4 is 19.6 Å². The summed E-state index contributed by atoms with van der Waals surface area (Å²) >= 11 is 0. The van der Waals surface area contributed by atoms with Crippen LogP contribution in [0.3, 0.4) is 0 Å². The van der Waals surface area contributed by atoms with E-state index in [2.05, 4.69) is 24.8 Å². The minimum atomic E-state index is -2.96. The Balaban J connectivity index is 1.96. The summed E-state index contributed by atoms with van der Waals surface area (Å²) in [7, 11) is 0. The van der Waals surface area contributed by atoms with E-state index in [1.54, 1.807) is 19.1 Å². The average molecular weight is 407 g/mol. The Labute approximate surface area is 163 Å². The normalized spacial score (nSPS) is 12.2. The molecule has 0 amide bonds. The molecule has 0 saturated carbocycles. The van der Waals surface area contributed by atoms with Crippen molar-refractivity contribution in [3.05, 3.63) is 47.7 Å². The third-order valence-electron chi connectivity index (χ3n) is 3.71. The molecular weight excluding hydrogens is 390 g/mol. The predicted octanol–water partition coefficient (Wildman–Crippen LogP) is 0.116. The molecule has 1 unspecified atom stereocenters. The van der Waals surface area contributed by atoms with Crippen LogP contribution in [0.1, 0.15) is 12.6 Å². The van der Waals surface area contributed by atoms with Crippen molar-refractivity contribution >= 4 is 5.95 Å². The topological polar surface area (TPSA) is 126 Å². The molecule has 0 fully saturated rings. The summed E-state index contributed by atoms with van der Waals surface area (Å²) in [6.45, 7) is -1.79. The zero-order chi connectivity index (χ0) is 20.8. The zero-order valence-corrected chi connectivity index (χ0v) is 15.3. The number of rotatable bonds is 9. The fourth-order valence-corrected chi connectivity index (χ4v) is 2.55. The van der Waals surface area contributed by atoms with Crippen LogP contribution in [-0.4, -0.2) is 44.7 Å². The molecule has 1 N–H and O–H groups in total. The molecule has 0 bridgehead atoms. The highest BCUT2D eigenvalue weighted by molar-refractivity contribution is 5.66. The molecule has 3 rings (SSSR count). The molecule has 0 radical (unpaired) electrons. The molecule has 0 aliphatic rings. The average Bonchev–Trinajstić information content (AvgIpc) is 3.16. The van der Waals surface area contributed by atoms with Gasteiger partial charge in [0.1, 0.15) is 17.8 Å².